The molecular weight excluding hydrogens is 404 g/mol. The highest BCUT2D eigenvalue weighted by atomic mass is 35.5. The summed E-state index contributed by atoms with van der Waals surface area (Å²) in [5, 5.41) is 23.2. The van der Waals surface area contributed by atoms with Crippen LogP contribution in [0.5, 0.6) is 0 Å². The molecule has 2 aromatic heterocycles. The number of nitrogens with zero attached hydrogens (tertiary/aromatic N) is 4. The molecule has 4 rings (SSSR count). The molecule has 1 N–H and O–H groups in total. The highest BCUT2D eigenvalue weighted by molar-refractivity contribution is 7.17. The maximum atomic E-state index is 11.2. The van der Waals surface area contributed by atoms with E-state index in [4.69, 9.17) is 11.6 Å². The van der Waals surface area contributed by atoms with Crippen LogP contribution >= 0.6 is 22.9 Å². The van der Waals surface area contributed by atoms with Crippen LogP contribution in [-0.2, 0) is 4.79 Å². The third-order valence-corrected chi connectivity index (χ3v) is 5.94. The van der Waals surface area contributed by atoms with Gasteiger partial charge in [-0.05, 0) is 30.0 Å². The second-order valence-corrected chi connectivity index (χ2v) is 7.75. The maximum Gasteiger partial charge on any atom is 0.306 e. The molecule has 3 aromatic rings. The summed E-state index contributed by atoms with van der Waals surface area (Å²) < 4.78 is 0. The first-order valence-electron chi connectivity index (χ1n) is 8.61. The summed E-state index contributed by atoms with van der Waals surface area (Å²) in [7, 11) is 0. The van der Waals surface area contributed by atoms with Crippen molar-refractivity contribution in [2.75, 3.05) is 18.0 Å². The van der Waals surface area contributed by atoms with E-state index in [1.807, 2.05) is 16.3 Å². The number of rotatable bonds is 4. The van der Waals surface area contributed by atoms with Gasteiger partial charge in [-0.1, -0.05) is 12.1 Å². The van der Waals surface area contributed by atoms with E-state index >= 15 is 0 Å². The minimum atomic E-state index is -0.779. The summed E-state index contributed by atoms with van der Waals surface area (Å²) in [5.74, 6) is -0.498. The molecule has 1 saturated heterocycles. The number of carbonyl (C=O) groups is 1. The lowest BCUT2D eigenvalue weighted by molar-refractivity contribution is -0.384. The van der Waals surface area contributed by atoms with Gasteiger partial charge in [0.1, 0.15) is 10.6 Å². The van der Waals surface area contributed by atoms with Crippen LogP contribution in [0.3, 0.4) is 0 Å². The molecule has 8 nitrogen and oxygen atoms in total. The lowest BCUT2D eigenvalue weighted by Crippen LogP contribution is -2.37. The molecule has 144 valence electrons. The molecule has 0 amide bonds. The first-order chi connectivity index (χ1) is 13.4. The average molecular weight is 419 g/mol. The van der Waals surface area contributed by atoms with Gasteiger partial charge < -0.3 is 10.0 Å². The predicted octanol–water partition coefficient (Wildman–Crippen LogP) is 4.22. The molecule has 0 bridgehead atoms. The van der Waals surface area contributed by atoms with Crippen molar-refractivity contribution in [3.8, 4) is 11.1 Å². The SMILES string of the molecule is O=C(O)C1CCN(c2nc(Cl)nc3scc(-c4cccc([N+](=O)[O-])c4)c23)CC1. The second kappa shape index (κ2) is 7.33. The number of halogens is 1. The van der Waals surface area contributed by atoms with Crippen LogP contribution in [0.25, 0.3) is 21.3 Å². The maximum absolute atomic E-state index is 11.2. The van der Waals surface area contributed by atoms with E-state index in [-0.39, 0.29) is 16.9 Å². The topological polar surface area (TPSA) is 109 Å². The van der Waals surface area contributed by atoms with Crippen molar-refractivity contribution in [3.63, 3.8) is 0 Å². The van der Waals surface area contributed by atoms with Crippen molar-refractivity contribution in [2.45, 2.75) is 12.8 Å². The van der Waals surface area contributed by atoms with Gasteiger partial charge in [0.05, 0.1) is 16.2 Å². The number of aromatic nitrogens is 2. The van der Waals surface area contributed by atoms with E-state index in [0.29, 0.717) is 42.1 Å². The predicted molar refractivity (Wildman–Crippen MR) is 107 cm³/mol. The summed E-state index contributed by atoms with van der Waals surface area (Å²) in [6.45, 7) is 1.09. The number of hydrogen-bond acceptors (Lipinski definition) is 7. The molecule has 0 saturated carbocycles. The molecule has 3 heterocycles. The summed E-state index contributed by atoms with van der Waals surface area (Å²) in [6, 6.07) is 6.43. The fourth-order valence-electron chi connectivity index (χ4n) is 3.46. The van der Waals surface area contributed by atoms with Gasteiger partial charge in [-0.2, -0.15) is 4.98 Å². The van der Waals surface area contributed by atoms with Crippen molar-refractivity contribution in [2.24, 2.45) is 5.92 Å². The van der Waals surface area contributed by atoms with E-state index in [1.54, 1.807) is 6.07 Å². The summed E-state index contributed by atoms with van der Waals surface area (Å²) in [6.07, 6.45) is 1.05. The molecule has 10 heteroatoms. The number of nitro groups is 1. The third-order valence-electron chi connectivity index (χ3n) is 4.90. The van der Waals surface area contributed by atoms with Crippen LogP contribution in [0.4, 0.5) is 11.5 Å². The molecule has 0 spiro atoms. The van der Waals surface area contributed by atoms with Gasteiger partial charge in [-0.15, -0.1) is 11.3 Å². The molecule has 1 aliphatic rings. The van der Waals surface area contributed by atoms with E-state index in [1.165, 1.54) is 23.5 Å². The van der Waals surface area contributed by atoms with Gasteiger partial charge in [0.15, 0.2) is 0 Å². The van der Waals surface area contributed by atoms with E-state index in [2.05, 4.69) is 9.97 Å². The van der Waals surface area contributed by atoms with E-state index in [9.17, 15) is 20.0 Å². The Labute approximate surface area is 168 Å². The number of carboxylic acid groups (broad SMARTS) is 1. The normalized spacial score (nSPS) is 15.1. The second-order valence-electron chi connectivity index (χ2n) is 6.55. The number of fused-ring (bicyclic) bond motifs is 1. The van der Waals surface area contributed by atoms with E-state index in [0.717, 1.165) is 10.9 Å². The van der Waals surface area contributed by atoms with E-state index < -0.39 is 10.9 Å². The zero-order valence-electron chi connectivity index (χ0n) is 14.5. The number of thiophene rings is 1. The number of non-ortho nitro benzene ring substituents is 1. The third kappa shape index (κ3) is 3.38. The van der Waals surface area contributed by atoms with Gasteiger partial charge in [0, 0.05) is 36.2 Å². The van der Waals surface area contributed by atoms with Crippen molar-refractivity contribution < 1.29 is 14.8 Å². The number of aliphatic carboxylic acids is 1. The molecular formula is C18H15ClN4O4S. The molecule has 28 heavy (non-hydrogen) atoms. The van der Waals surface area contributed by atoms with Crippen molar-refractivity contribution in [3.05, 3.63) is 45.0 Å². The number of benzene rings is 1. The zero-order chi connectivity index (χ0) is 19.8. The van der Waals surface area contributed by atoms with Crippen molar-refractivity contribution in [1.82, 2.24) is 9.97 Å². The summed E-state index contributed by atoms with van der Waals surface area (Å²) in [5.41, 5.74) is 1.51. The monoisotopic (exact) mass is 418 g/mol. The number of nitro benzene ring substituents is 1. The number of piperidine rings is 1. The Morgan fingerprint density at radius 1 is 1.32 bits per heavy atom. The minimum Gasteiger partial charge on any atom is -0.481 e. The van der Waals surface area contributed by atoms with Crippen LogP contribution in [0.2, 0.25) is 5.28 Å². The van der Waals surface area contributed by atoms with Crippen LogP contribution in [0.1, 0.15) is 12.8 Å². The van der Waals surface area contributed by atoms with Crippen LogP contribution in [-0.4, -0.2) is 39.1 Å². The first kappa shape index (κ1) is 18.6. The Morgan fingerprint density at radius 2 is 2.07 bits per heavy atom. The molecule has 0 unspecified atom stereocenters. The summed E-state index contributed by atoms with van der Waals surface area (Å²) >= 11 is 7.51. The highest BCUT2D eigenvalue weighted by Crippen LogP contribution is 2.40. The standard InChI is InChI=1S/C18H15ClN4O4S/c19-18-20-15(22-6-4-10(5-7-22)17(24)25)14-13(9-28-16(14)21-18)11-2-1-3-12(8-11)23(26)27/h1-3,8-10H,4-7H2,(H,24,25). The Hall–Kier alpha value is -2.78. The number of hydrogen-bond donors (Lipinski definition) is 1. The molecule has 0 radical (unpaired) electrons. The molecule has 0 atom stereocenters. The molecule has 0 aliphatic carbocycles. The minimum absolute atomic E-state index is 0.00977. The van der Waals surface area contributed by atoms with Gasteiger partial charge in [-0.3, -0.25) is 14.9 Å². The number of anilines is 1. The lowest BCUT2D eigenvalue weighted by Gasteiger charge is -2.31. The highest BCUT2D eigenvalue weighted by Gasteiger charge is 2.27. The van der Waals surface area contributed by atoms with Gasteiger partial charge >= 0.3 is 5.97 Å². The fraction of sp³-hybridized carbons (Fsp3) is 0.278. The molecule has 1 aromatic carbocycles. The van der Waals surface area contributed by atoms with Crippen LogP contribution < -0.4 is 4.90 Å². The largest absolute Gasteiger partial charge is 0.481 e. The summed E-state index contributed by atoms with van der Waals surface area (Å²) in [4.78, 5) is 33.4. The lowest BCUT2D eigenvalue weighted by atomic mass is 9.96. The Balaban J connectivity index is 1.80. The Kier molecular flexibility index (Phi) is 4.86. The fourth-order valence-corrected chi connectivity index (χ4v) is 4.62. The van der Waals surface area contributed by atoms with Crippen LogP contribution in [0, 0.1) is 16.0 Å². The Morgan fingerprint density at radius 3 is 2.75 bits per heavy atom. The zero-order valence-corrected chi connectivity index (χ0v) is 16.1. The van der Waals surface area contributed by atoms with Gasteiger partial charge in [0.25, 0.3) is 5.69 Å². The van der Waals surface area contributed by atoms with Crippen molar-refractivity contribution >= 4 is 50.6 Å². The quantitative estimate of drug-likeness (QED) is 0.383. The van der Waals surface area contributed by atoms with Gasteiger partial charge in [0.2, 0.25) is 5.28 Å². The smallest absolute Gasteiger partial charge is 0.306 e. The first-order valence-corrected chi connectivity index (χ1v) is 9.87. The van der Waals surface area contributed by atoms with Gasteiger partial charge in [-0.25, -0.2) is 4.98 Å². The molecule has 1 fully saturated rings. The van der Waals surface area contributed by atoms with Crippen molar-refractivity contribution in [1.29, 1.82) is 0 Å². The Bertz CT molecular complexity index is 1080. The number of carboxylic acids is 1. The average Bonchev–Trinajstić information content (AvgIpc) is 3.11. The van der Waals surface area contributed by atoms with Crippen LogP contribution in [0.15, 0.2) is 29.6 Å². The molecule has 1 aliphatic heterocycles.